The Morgan fingerprint density at radius 1 is 1.21 bits per heavy atom. The topological polar surface area (TPSA) is 18.5 Å². The SMILES string of the molecule is CCC/C=C\O[Si](C)(C)OC(C)(C)C. The Kier molecular flexibility index (Phi) is 5.45. The lowest BCUT2D eigenvalue weighted by Gasteiger charge is -2.30. The number of allylic oxidation sites excluding steroid dienone is 1. The highest BCUT2D eigenvalue weighted by molar-refractivity contribution is 6.64. The molecule has 0 aliphatic rings. The maximum absolute atomic E-state index is 5.87. The standard InChI is InChI=1S/C11H24O2Si/c1-7-8-9-10-12-14(5,6)13-11(2,3)4/h9-10H,7-8H2,1-6H3/b10-9-. The van der Waals surface area contributed by atoms with Crippen molar-refractivity contribution in [3.63, 3.8) is 0 Å². The van der Waals surface area contributed by atoms with E-state index in [4.69, 9.17) is 8.85 Å². The van der Waals surface area contributed by atoms with Gasteiger partial charge in [-0.2, -0.15) is 0 Å². The highest BCUT2D eigenvalue weighted by atomic mass is 28.4. The minimum Gasteiger partial charge on any atom is -0.527 e. The van der Waals surface area contributed by atoms with Crippen molar-refractivity contribution in [3.8, 4) is 0 Å². The molecule has 0 rings (SSSR count). The van der Waals surface area contributed by atoms with Gasteiger partial charge in [0.1, 0.15) is 0 Å². The molecule has 0 amide bonds. The average molecular weight is 216 g/mol. The molecule has 0 fully saturated rings. The van der Waals surface area contributed by atoms with Crippen LogP contribution in [0.4, 0.5) is 0 Å². The fourth-order valence-electron chi connectivity index (χ4n) is 1.21. The summed E-state index contributed by atoms with van der Waals surface area (Å²) in [6, 6.07) is 0. The summed E-state index contributed by atoms with van der Waals surface area (Å²) < 4.78 is 11.5. The molecule has 14 heavy (non-hydrogen) atoms. The van der Waals surface area contributed by atoms with E-state index in [0.29, 0.717) is 0 Å². The molecule has 0 heterocycles. The summed E-state index contributed by atoms with van der Waals surface area (Å²) in [4.78, 5) is 0. The van der Waals surface area contributed by atoms with E-state index in [1.165, 1.54) is 0 Å². The molecule has 2 nitrogen and oxygen atoms in total. The summed E-state index contributed by atoms with van der Waals surface area (Å²) in [5.74, 6) is 0. The van der Waals surface area contributed by atoms with Crippen LogP contribution in [-0.2, 0) is 8.85 Å². The second-order valence-corrected chi connectivity index (χ2v) is 8.13. The van der Waals surface area contributed by atoms with E-state index in [2.05, 4.69) is 46.9 Å². The van der Waals surface area contributed by atoms with Gasteiger partial charge in [0, 0.05) is 0 Å². The van der Waals surface area contributed by atoms with Crippen LogP contribution in [0, 0.1) is 0 Å². The smallest absolute Gasteiger partial charge is 0.392 e. The molecule has 0 aliphatic heterocycles. The molecule has 0 aromatic heterocycles. The Balaban J connectivity index is 3.95. The van der Waals surface area contributed by atoms with Crippen molar-refractivity contribution in [2.75, 3.05) is 0 Å². The van der Waals surface area contributed by atoms with Crippen molar-refractivity contribution < 1.29 is 8.85 Å². The molecule has 0 aromatic carbocycles. The van der Waals surface area contributed by atoms with Crippen molar-refractivity contribution >= 4 is 8.56 Å². The number of hydrogen-bond acceptors (Lipinski definition) is 2. The molecule has 0 N–H and O–H groups in total. The van der Waals surface area contributed by atoms with Gasteiger partial charge < -0.3 is 8.85 Å². The van der Waals surface area contributed by atoms with E-state index in [1.54, 1.807) is 6.26 Å². The first kappa shape index (κ1) is 13.7. The van der Waals surface area contributed by atoms with Crippen LogP contribution in [0.5, 0.6) is 0 Å². The molecule has 0 saturated carbocycles. The zero-order valence-electron chi connectivity index (χ0n) is 10.4. The third kappa shape index (κ3) is 8.32. The van der Waals surface area contributed by atoms with Gasteiger partial charge in [0.05, 0.1) is 11.9 Å². The maximum Gasteiger partial charge on any atom is 0.392 e. The first-order valence-electron chi connectivity index (χ1n) is 5.30. The Labute approximate surface area is 89.6 Å². The average Bonchev–Trinajstić information content (AvgIpc) is 1.93. The predicted molar refractivity (Wildman–Crippen MR) is 63.5 cm³/mol. The van der Waals surface area contributed by atoms with E-state index in [-0.39, 0.29) is 5.60 Å². The monoisotopic (exact) mass is 216 g/mol. The minimum absolute atomic E-state index is 0.117. The van der Waals surface area contributed by atoms with E-state index >= 15 is 0 Å². The van der Waals surface area contributed by atoms with Gasteiger partial charge >= 0.3 is 8.56 Å². The summed E-state index contributed by atoms with van der Waals surface area (Å²) >= 11 is 0. The number of hydrogen-bond donors (Lipinski definition) is 0. The molecule has 0 unspecified atom stereocenters. The van der Waals surface area contributed by atoms with Crippen molar-refractivity contribution in [3.05, 3.63) is 12.3 Å². The number of rotatable bonds is 5. The Hall–Kier alpha value is -0.283. The van der Waals surface area contributed by atoms with Gasteiger partial charge in [0.2, 0.25) is 0 Å². The Morgan fingerprint density at radius 2 is 1.79 bits per heavy atom. The van der Waals surface area contributed by atoms with E-state index in [1.807, 2.05) is 0 Å². The van der Waals surface area contributed by atoms with Gasteiger partial charge in [-0.25, -0.2) is 0 Å². The van der Waals surface area contributed by atoms with Crippen molar-refractivity contribution in [2.24, 2.45) is 0 Å². The molecule has 0 spiro atoms. The third-order valence-electron chi connectivity index (χ3n) is 1.46. The second-order valence-electron chi connectivity index (χ2n) is 4.89. The molecule has 0 aromatic rings. The van der Waals surface area contributed by atoms with Crippen LogP contribution in [0.2, 0.25) is 13.1 Å². The molecular formula is C11H24O2Si. The van der Waals surface area contributed by atoms with Gasteiger partial charge in [-0.15, -0.1) is 0 Å². The van der Waals surface area contributed by atoms with E-state index in [9.17, 15) is 0 Å². The second kappa shape index (κ2) is 5.56. The summed E-state index contributed by atoms with van der Waals surface area (Å²) in [6.07, 6.45) is 6.07. The molecule has 0 bridgehead atoms. The van der Waals surface area contributed by atoms with Gasteiger partial charge in [-0.05, 0) is 40.3 Å². The Bertz CT molecular complexity index is 180. The highest BCUT2D eigenvalue weighted by Crippen LogP contribution is 2.17. The minimum atomic E-state index is -1.98. The third-order valence-corrected chi connectivity index (χ3v) is 3.26. The molecule has 0 radical (unpaired) electrons. The van der Waals surface area contributed by atoms with Gasteiger partial charge in [0.15, 0.2) is 0 Å². The summed E-state index contributed by atoms with van der Waals surface area (Å²) in [5, 5.41) is 0. The van der Waals surface area contributed by atoms with Crippen LogP contribution >= 0.6 is 0 Å². The van der Waals surface area contributed by atoms with Crippen LogP contribution in [0.3, 0.4) is 0 Å². The fourth-order valence-corrected chi connectivity index (χ4v) is 3.15. The van der Waals surface area contributed by atoms with Crippen LogP contribution < -0.4 is 0 Å². The lowest BCUT2D eigenvalue weighted by molar-refractivity contribution is 0.0864. The molecule has 84 valence electrons. The molecule has 0 atom stereocenters. The normalized spacial score (nSPS) is 13.6. The van der Waals surface area contributed by atoms with Gasteiger partial charge in [-0.1, -0.05) is 19.4 Å². The number of unbranched alkanes of at least 4 members (excludes halogenated alkanes) is 1. The van der Waals surface area contributed by atoms with Crippen LogP contribution in [0.1, 0.15) is 40.5 Å². The fraction of sp³-hybridized carbons (Fsp3) is 0.818. The van der Waals surface area contributed by atoms with Crippen molar-refractivity contribution in [1.82, 2.24) is 0 Å². The van der Waals surface area contributed by atoms with Gasteiger partial charge in [0.25, 0.3) is 0 Å². The van der Waals surface area contributed by atoms with Crippen LogP contribution in [0.25, 0.3) is 0 Å². The first-order valence-corrected chi connectivity index (χ1v) is 8.11. The highest BCUT2D eigenvalue weighted by Gasteiger charge is 2.30. The molecular weight excluding hydrogens is 192 g/mol. The van der Waals surface area contributed by atoms with Crippen LogP contribution in [0.15, 0.2) is 12.3 Å². The molecule has 0 saturated heterocycles. The summed E-state index contributed by atoms with van der Waals surface area (Å²) in [6.45, 7) is 12.4. The van der Waals surface area contributed by atoms with Crippen LogP contribution in [-0.4, -0.2) is 14.2 Å². The maximum atomic E-state index is 5.87. The summed E-state index contributed by atoms with van der Waals surface area (Å²) in [7, 11) is -1.98. The molecule has 0 aliphatic carbocycles. The van der Waals surface area contributed by atoms with E-state index < -0.39 is 8.56 Å². The first-order chi connectivity index (χ1) is 6.27. The van der Waals surface area contributed by atoms with Gasteiger partial charge in [-0.3, -0.25) is 0 Å². The Morgan fingerprint density at radius 3 is 2.21 bits per heavy atom. The van der Waals surface area contributed by atoms with Crippen molar-refractivity contribution in [1.29, 1.82) is 0 Å². The predicted octanol–water partition coefficient (Wildman–Crippen LogP) is 3.83. The zero-order valence-corrected chi connectivity index (χ0v) is 11.4. The van der Waals surface area contributed by atoms with E-state index in [0.717, 1.165) is 12.8 Å². The van der Waals surface area contributed by atoms with Crippen molar-refractivity contribution in [2.45, 2.75) is 59.2 Å². The quantitative estimate of drug-likeness (QED) is 0.513. The summed E-state index contributed by atoms with van der Waals surface area (Å²) in [5.41, 5.74) is -0.117. The lowest BCUT2D eigenvalue weighted by Crippen LogP contribution is -2.40. The lowest BCUT2D eigenvalue weighted by atomic mass is 10.2. The largest absolute Gasteiger partial charge is 0.527 e. The zero-order chi connectivity index (χ0) is 11.2. The molecule has 3 heteroatoms.